The van der Waals surface area contributed by atoms with Crippen LogP contribution in [0.3, 0.4) is 0 Å². The summed E-state index contributed by atoms with van der Waals surface area (Å²) in [6.07, 6.45) is 0.446. The number of aliphatic hydroxyl groups is 1. The molecule has 0 atom stereocenters. The molecule has 126 valence electrons. The van der Waals surface area contributed by atoms with Gasteiger partial charge in [0.1, 0.15) is 5.82 Å². The van der Waals surface area contributed by atoms with Crippen molar-refractivity contribution in [1.29, 1.82) is 0 Å². The number of anilines is 2. The highest BCUT2D eigenvalue weighted by molar-refractivity contribution is 6.06. The van der Waals surface area contributed by atoms with Gasteiger partial charge in [0.05, 0.1) is 11.3 Å². The Kier molecular flexibility index (Phi) is 6.27. The van der Waals surface area contributed by atoms with Gasteiger partial charge in [-0.05, 0) is 36.8 Å². The Balaban J connectivity index is 2.03. The van der Waals surface area contributed by atoms with Crippen LogP contribution in [0.4, 0.5) is 20.6 Å². The summed E-state index contributed by atoms with van der Waals surface area (Å²) < 4.78 is 13.1. The lowest BCUT2D eigenvalue weighted by atomic mass is 10.1. The lowest BCUT2D eigenvalue weighted by Gasteiger charge is -2.12. The maximum atomic E-state index is 13.1. The van der Waals surface area contributed by atoms with Gasteiger partial charge >= 0.3 is 6.03 Å². The summed E-state index contributed by atoms with van der Waals surface area (Å²) in [5, 5.41) is 16.5. The van der Waals surface area contributed by atoms with Crippen molar-refractivity contribution in [2.75, 3.05) is 23.8 Å². The van der Waals surface area contributed by atoms with Crippen LogP contribution in [0.2, 0.25) is 0 Å². The van der Waals surface area contributed by atoms with Gasteiger partial charge in [-0.15, -0.1) is 0 Å². The number of rotatable bonds is 6. The fourth-order valence-electron chi connectivity index (χ4n) is 2.02. The monoisotopic (exact) mass is 331 g/mol. The van der Waals surface area contributed by atoms with Crippen LogP contribution in [0.5, 0.6) is 0 Å². The molecule has 0 unspecified atom stereocenters. The third-order valence-electron chi connectivity index (χ3n) is 3.12. The number of nitrogens with one attached hydrogen (secondary N) is 3. The smallest absolute Gasteiger partial charge is 0.323 e. The molecule has 0 aliphatic heterocycles. The van der Waals surface area contributed by atoms with Crippen LogP contribution in [0, 0.1) is 5.82 Å². The fraction of sp³-hybridized carbons (Fsp3) is 0.176. The molecule has 24 heavy (non-hydrogen) atoms. The zero-order chi connectivity index (χ0) is 17.4. The zero-order valence-corrected chi connectivity index (χ0v) is 12.9. The van der Waals surface area contributed by atoms with E-state index in [0.717, 1.165) is 0 Å². The molecule has 0 aliphatic rings. The van der Waals surface area contributed by atoms with Crippen molar-refractivity contribution >= 4 is 23.3 Å². The lowest BCUT2D eigenvalue weighted by molar-refractivity contribution is 0.0952. The Morgan fingerprint density at radius 3 is 2.58 bits per heavy atom. The summed E-state index contributed by atoms with van der Waals surface area (Å²) in [6.45, 7) is 0.315. The van der Waals surface area contributed by atoms with Crippen LogP contribution in [0.25, 0.3) is 0 Å². The van der Waals surface area contributed by atoms with Crippen molar-refractivity contribution in [2.45, 2.75) is 6.42 Å². The van der Waals surface area contributed by atoms with Gasteiger partial charge in [-0.25, -0.2) is 9.18 Å². The SMILES string of the molecule is O=C(Nc1cccc(F)c1)Nc1ccccc1C(=O)NCCCO. The van der Waals surface area contributed by atoms with Crippen LogP contribution in [-0.2, 0) is 0 Å². The number of aliphatic hydroxyl groups excluding tert-OH is 1. The van der Waals surface area contributed by atoms with Crippen LogP contribution in [0.15, 0.2) is 48.5 Å². The number of para-hydroxylation sites is 1. The Labute approximate surface area is 138 Å². The summed E-state index contributed by atoms with van der Waals surface area (Å²) >= 11 is 0. The van der Waals surface area contributed by atoms with Crippen molar-refractivity contribution in [3.8, 4) is 0 Å². The average molecular weight is 331 g/mol. The summed E-state index contributed by atoms with van der Waals surface area (Å²) in [6, 6.07) is 11.4. The van der Waals surface area contributed by atoms with Gasteiger partial charge in [-0.2, -0.15) is 0 Å². The van der Waals surface area contributed by atoms with E-state index < -0.39 is 11.8 Å². The molecule has 0 bridgehead atoms. The van der Waals surface area contributed by atoms with E-state index in [0.29, 0.717) is 29.9 Å². The van der Waals surface area contributed by atoms with E-state index in [-0.39, 0.29) is 12.5 Å². The van der Waals surface area contributed by atoms with E-state index in [1.165, 1.54) is 18.2 Å². The van der Waals surface area contributed by atoms with Crippen molar-refractivity contribution in [3.05, 3.63) is 59.9 Å². The first-order chi connectivity index (χ1) is 11.6. The molecule has 2 aromatic carbocycles. The van der Waals surface area contributed by atoms with Crippen molar-refractivity contribution in [2.24, 2.45) is 0 Å². The molecule has 0 saturated carbocycles. The van der Waals surface area contributed by atoms with Gasteiger partial charge in [0, 0.05) is 18.8 Å². The first-order valence-corrected chi connectivity index (χ1v) is 7.42. The molecule has 2 aromatic rings. The van der Waals surface area contributed by atoms with Gasteiger partial charge in [0.2, 0.25) is 0 Å². The van der Waals surface area contributed by atoms with Gasteiger partial charge in [0.15, 0.2) is 0 Å². The summed E-state index contributed by atoms with van der Waals surface area (Å²) in [5.74, 6) is -0.818. The van der Waals surface area contributed by atoms with E-state index in [9.17, 15) is 14.0 Å². The van der Waals surface area contributed by atoms with Gasteiger partial charge in [-0.3, -0.25) is 4.79 Å². The van der Waals surface area contributed by atoms with Crippen LogP contribution < -0.4 is 16.0 Å². The highest BCUT2D eigenvalue weighted by atomic mass is 19.1. The van der Waals surface area contributed by atoms with E-state index in [2.05, 4.69) is 16.0 Å². The van der Waals surface area contributed by atoms with Crippen molar-refractivity contribution in [1.82, 2.24) is 5.32 Å². The highest BCUT2D eigenvalue weighted by Gasteiger charge is 2.12. The molecule has 2 rings (SSSR count). The lowest BCUT2D eigenvalue weighted by Crippen LogP contribution is -2.27. The van der Waals surface area contributed by atoms with Crippen molar-refractivity contribution in [3.63, 3.8) is 0 Å². The quantitative estimate of drug-likeness (QED) is 0.613. The molecule has 0 aliphatic carbocycles. The first kappa shape index (κ1) is 17.4. The van der Waals surface area contributed by atoms with Crippen molar-refractivity contribution < 1.29 is 19.1 Å². The number of halogens is 1. The standard InChI is InChI=1S/C17H18FN3O3/c18-12-5-3-6-13(11-12)20-17(24)21-15-8-2-1-7-14(15)16(23)19-9-4-10-22/h1-3,5-8,11,22H,4,9-10H2,(H,19,23)(H2,20,21,24). The first-order valence-electron chi connectivity index (χ1n) is 7.42. The number of amides is 3. The Morgan fingerprint density at radius 2 is 1.83 bits per heavy atom. The third-order valence-corrected chi connectivity index (χ3v) is 3.12. The number of urea groups is 1. The number of carbonyl (C=O) groups excluding carboxylic acids is 2. The maximum Gasteiger partial charge on any atom is 0.323 e. The minimum absolute atomic E-state index is 0.0176. The predicted molar refractivity (Wildman–Crippen MR) is 89.5 cm³/mol. The summed E-state index contributed by atoms with van der Waals surface area (Å²) in [7, 11) is 0. The van der Waals surface area contributed by atoms with Crippen LogP contribution in [0.1, 0.15) is 16.8 Å². The van der Waals surface area contributed by atoms with Crippen LogP contribution >= 0.6 is 0 Å². The highest BCUT2D eigenvalue weighted by Crippen LogP contribution is 2.16. The molecular weight excluding hydrogens is 313 g/mol. The summed E-state index contributed by atoms with van der Waals surface area (Å²) in [5.41, 5.74) is 0.926. The molecule has 6 nitrogen and oxygen atoms in total. The number of hydrogen-bond donors (Lipinski definition) is 4. The third kappa shape index (κ3) is 5.06. The molecule has 0 saturated heterocycles. The number of carbonyl (C=O) groups is 2. The molecule has 4 N–H and O–H groups in total. The van der Waals surface area contributed by atoms with E-state index in [4.69, 9.17) is 5.11 Å². The Morgan fingerprint density at radius 1 is 1.04 bits per heavy atom. The average Bonchev–Trinajstić information content (AvgIpc) is 2.55. The van der Waals surface area contributed by atoms with Gasteiger partial charge < -0.3 is 21.1 Å². The fourth-order valence-corrected chi connectivity index (χ4v) is 2.02. The molecule has 0 aromatic heterocycles. The van der Waals surface area contributed by atoms with Crippen LogP contribution in [-0.4, -0.2) is 30.2 Å². The second-order valence-corrected chi connectivity index (χ2v) is 4.97. The number of benzene rings is 2. The molecule has 0 spiro atoms. The Hall–Kier alpha value is -2.93. The number of hydrogen-bond acceptors (Lipinski definition) is 3. The minimum atomic E-state index is -0.587. The normalized spacial score (nSPS) is 10.1. The molecule has 0 fully saturated rings. The zero-order valence-electron chi connectivity index (χ0n) is 12.9. The molecule has 0 heterocycles. The maximum absolute atomic E-state index is 13.1. The topological polar surface area (TPSA) is 90.5 Å². The largest absolute Gasteiger partial charge is 0.396 e. The second-order valence-electron chi connectivity index (χ2n) is 4.97. The second kappa shape index (κ2) is 8.64. The molecule has 3 amide bonds. The van der Waals surface area contributed by atoms with E-state index >= 15 is 0 Å². The van der Waals surface area contributed by atoms with Gasteiger partial charge in [0.25, 0.3) is 5.91 Å². The molecule has 7 heteroatoms. The minimum Gasteiger partial charge on any atom is -0.396 e. The summed E-state index contributed by atoms with van der Waals surface area (Å²) in [4.78, 5) is 24.1. The predicted octanol–water partition coefficient (Wildman–Crippen LogP) is 2.58. The Bertz CT molecular complexity index is 722. The molecular formula is C17H18FN3O3. The van der Waals surface area contributed by atoms with E-state index in [1.54, 1.807) is 30.3 Å². The van der Waals surface area contributed by atoms with E-state index in [1.807, 2.05) is 0 Å². The molecule has 0 radical (unpaired) electrons. The van der Waals surface area contributed by atoms with Gasteiger partial charge in [-0.1, -0.05) is 18.2 Å².